The van der Waals surface area contributed by atoms with Gasteiger partial charge in [0.2, 0.25) is 0 Å². The molecule has 0 radical (unpaired) electrons. The Balaban J connectivity index is 1.98. The molecule has 0 saturated heterocycles. The van der Waals surface area contributed by atoms with Gasteiger partial charge in [-0.25, -0.2) is 9.59 Å². The number of ether oxygens (including phenoxy) is 2. The first-order valence-electron chi connectivity index (χ1n) is 15.8. The molecular formula is C37H52N2O5Si. The quantitative estimate of drug-likeness (QED) is 0.197. The Bertz CT molecular complexity index is 1300. The second-order valence-electron chi connectivity index (χ2n) is 13.9. The van der Waals surface area contributed by atoms with Crippen LogP contribution < -0.4 is 10.4 Å². The predicted octanol–water partition coefficient (Wildman–Crippen LogP) is 7.24. The van der Waals surface area contributed by atoms with Crippen molar-refractivity contribution in [3.8, 4) is 0 Å². The van der Waals surface area contributed by atoms with E-state index in [0.717, 1.165) is 15.9 Å². The van der Waals surface area contributed by atoms with Crippen molar-refractivity contribution in [2.45, 2.75) is 91.2 Å². The van der Waals surface area contributed by atoms with Gasteiger partial charge in [-0.2, -0.15) is 0 Å². The molecule has 0 aromatic heterocycles. The summed E-state index contributed by atoms with van der Waals surface area (Å²) in [5.74, 6) is 0. The Hall–Kier alpha value is -3.62. The molecule has 1 atom stereocenters. The zero-order chi connectivity index (χ0) is 33.3. The van der Waals surface area contributed by atoms with Gasteiger partial charge in [0.05, 0.1) is 6.10 Å². The fraction of sp³-hybridized carbons (Fsp3) is 0.459. The third-order valence-corrected chi connectivity index (χ3v) is 12.8. The second kappa shape index (κ2) is 15.6. The Morgan fingerprint density at radius 3 is 1.69 bits per heavy atom. The van der Waals surface area contributed by atoms with Gasteiger partial charge in [0.15, 0.2) is 0 Å². The van der Waals surface area contributed by atoms with Gasteiger partial charge in [0.25, 0.3) is 8.32 Å². The molecule has 0 unspecified atom stereocenters. The largest absolute Gasteiger partial charge is 0.445 e. The van der Waals surface area contributed by atoms with Gasteiger partial charge in [0, 0.05) is 26.2 Å². The van der Waals surface area contributed by atoms with E-state index in [9.17, 15) is 9.59 Å². The second-order valence-corrected chi connectivity index (χ2v) is 18.1. The number of hydrogen-bond donors (Lipinski definition) is 0. The molecule has 0 saturated carbocycles. The van der Waals surface area contributed by atoms with Gasteiger partial charge >= 0.3 is 12.2 Å². The first-order chi connectivity index (χ1) is 21.1. The minimum Gasteiger partial charge on any atom is -0.445 e. The van der Waals surface area contributed by atoms with E-state index >= 15 is 0 Å². The minimum absolute atomic E-state index is 0.0922. The summed E-state index contributed by atoms with van der Waals surface area (Å²) in [5, 5.41) is 2.04. The molecule has 8 heteroatoms. The topological polar surface area (TPSA) is 68.3 Å². The van der Waals surface area contributed by atoms with Crippen molar-refractivity contribution in [1.29, 1.82) is 0 Å². The number of carbonyl (C=O) groups excluding carboxylic acids is 2. The van der Waals surface area contributed by atoms with Gasteiger partial charge < -0.3 is 23.7 Å². The lowest BCUT2D eigenvalue weighted by atomic mass is 10.2. The highest BCUT2D eigenvalue weighted by Crippen LogP contribution is 2.38. The average Bonchev–Trinajstić information content (AvgIpc) is 2.98. The van der Waals surface area contributed by atoms with Crippen LogP contribution in [0.15, 0.2) is 91.0 Å². The fourth-order valence-corrected chi connectivity index (χ4v) is 10.2. The van der Waals surface area contributed by atoms with Crippen LogP contribution in [0.1, 0.15) is 67.4 Å². The first-order valence-corrected chi connectivity index (χ1v) is 17.7. The van der Waals surface area contributed by atoms with Crippen LogP contribution in [0.25, 0.3) is 0 Å². The Labute approximate surface area is 271 Å². The van der Waals surface area contributed by atoms with Crippen molar-refractivity contribution in [2.24, 2.45) is 0 Å². The van der Waals surface area contributed by atoms with Crippen LogP contribution in [0.5, 0.6) is 0 Å². The Morgan fingerprint density at radius 2 is 1.24 bits per heavy atom. The maximum absolute atomic E-state index is 13.3. The summed E-state index contributed by atoms with van der Waals surface area (Å²) >= 11 is 0. The van der Waals surface area contributed by atoms with Gasteiger partial charge in [-0.1, -0.05) is 112 Å². The molecule has 0 fully saturated rings. The Morgan fingerprint density at radius 1 is 0.756 bits per heavy atom. The summed E-state index contributed by atoms with van der Waals surface area (Å²) in [4.78, 5) is 29.8. The molecule has 0 aliphatic carbocycles. The highest BCUT2D eigenvalue weighted by molar-refractivity contribution is 6.99. The maximum Gasteiger partial charge on any atom is 0.410 e. The molecular weight excluding hydrogens is 581 g/mol. The highest BCUT2D eigenvalue weighted by Gasteiger charge is 2.51. The standard InChI is InChI=1S/C37H52N2O5Si/c1-29(2)39(35(41)42-28-30-19-13-10-14-20-30)26-25-31(27-38(9)34(40)43-36(3,4)5)44-45(37(6,7)8,32-21-15-11-16-22-32)33-23-17-12-18-24-33/h10-24,29,31H,25-28H2,1-9H3/t31-/m0/s1. The molecule has 7 nitrogen and oxygen atoms in total. The molecule has 244 valence electrons. The number of hydrogen-bond acceptors (Lipinski definition) is 5. The summed E-state index contributed by atoms with van der Waals surface area (Å²) in [7, 11) is -1.22. The third-order valence-electron chi connectivity index (χ3n) is 7.70. The lowest BCUT2D eigenvalue weighted by Crippen LogP contribution is -2.68. The maximum atomic E-state index is 13.3. The molecule has 3 aromatic carbocycles. The van der Waals surface area contributed by atoms with Crippen LogP contribution in [-0.4, -0.2) is 68.2 Å². The van der Waals surface area contributed by atoms with Crippen molar-refractivity contribution >= 4 is 30.9 Å². The average molecular weight is 633 g/mol. The van der Waals surface area contributed by atoms with Gasteiger partial charge in [-0.05, 0) is 62.0 Å². The molecule has 45 heavy (non-hydrogen) atoms. The molecule has 2 amide bonds. The van der Waals surface area contributed by atoms with Crippen molar-refractivity contribution in [3.05, 3.63) is 96.6 Å². The van der Waals surface area contributed by atoms with Crippen LogP contribution >= 0.6 is 0 Å². The van der Waals surface area contributed by atoms with Crippen LogP contribution in [0.3, 0.4) is 0 Å². The molecule has 0 bridgehead atoms. The van der Waals surface area contributed by atoms with Gasteiger partial charge in [-0.3, -0.25) is 0 Å². The van der Waals surface area contributed by atoms with Gasteiger partial charge in [0.1, 0.15) is 12.2 Å². The Kier molecular flexibility index (Phi) is 12.4. The molecule has 0 spiro atoms. The SMILES string of the molecule is CC(C)N(CC[C@@H](CN(C)C(=O)OC(C)(C)C)O[Si](c1ccccc1)(c1ccccc1)C(C)(C)C)C(=O)OCc1ccccc1. The molecule has 3 rings (SSSR count). The van der Waals surface area contributed by atoms with E-state index in [4.69, 9.17) is 13.9 Å². The molecule has 3 aromatic rings. The van der Waals surface area contributed by atoms with Gasteiger partial charge in [-0.15, -0.1) is 0 Å². The van der Waals surface area contributed by atoms with Crippen molar-refractivity contribution in [2.75, 3.05) is 20.1 Å². The van der Waals surface area contributed by atoms with E-state index in [2.05, 4.69) is 69.3 Å². The fourth-order valence-electron chi connectivity index (χ4n) is 5.49. The number of rotatable bonds is 12. The van der Waals surface area contributed by atoms with Crippen LogP contribution in [0, 0.1) is 0 Å². The summed E-state index contributed by atoms with van der Waals surface area (Å²) in [6, 6.07) is 30.5. The van der Waals surface area contributed by atoms with Crippen molar-refractivity contribution in [3.63, 3.8) is 0 Å². The summed E-state index contributed by atoms with van der Waals surface area (Å²) in [6.07, 6.45) is -0.701. The number of likely N-dealkylation sites (N-methyl/N-ethyl adjacent to an activating group) is 1. The summed E-state index contributed by atoms with van der Waals surface area (Å²) in [5.41, 5.74) is 0.304. The molecule has 0 aliphatic heterocycles. The van der Waals surface area contributed by atoms with E-state index in [1.807, 2.05) is 77.1 Å². The van der Waals surface area contributed by atoms with Crippen molar-refractivity contribution < 1.29 is 23.5 Å². The molecule has 0 heterocycles. The van der Waals surface area contributed by atoms with E-state index in [1.165, 1.54) is 0 Å². The van der Waals surface area contributed by atoms with Crippen LogP contribution in [-0.2, 0) is 20.5 Å². The predicted molar refractivity (Wildman–Crippen MR) is 184 cm³/mol. The van der Waals surface area contributed by atoms with E-state index in [1.54, 1.807) is 16.8 Å². The van der Waals surface area contributed by atoms with Crippen LogP contribution in [0.4, 0.5) is 9.59 Å². The smallest absolute Gasteiger partial charge is 0.410 e. The van der Waals surface area contributed by atoms with E-state index in [0.29, 0.717) is 19.5 Å². The van der Waals surface area contributed by atoms with E-state index in [-0.39, 0.29) is 23.8 Å². The molecule has 0 aliphatic rings. The summed E-state index contributed by atoms with van der Waals surface area (Å²) < 4.78 is 18.9. The van der Waals surface area contributed by atoms with Crippen LogP contribution in [0.2, 0.25) is 5.04 Å². The zero-order valence-electron chi connectivity index (χ0n) is 28.6. The van der Waals surface area contributed by atoms with E-state index < -0.39 is 26.1 Å². The van der Waals surface area contributed by atoms with Crippen molar-refractivity contribution in [1.82, 2.24) is 9.80 Å². The third kappa shape index (κ3) is 9.93. The normalized spacial score (nSPS) is 12.8. The lowest BCUT2D eigenvalue weighted by molar-refractivity contribution is 0.0198. The summed E-state index contributed by atoms with van der Waals surface area (Å²) in [6.45, 7) is 17.1. The lowest BCUT2D eigenvalue weighted by Gasteiger charge is -2.46. The minimum atomic E-state index is -2.96. The number of nitrogens with zero attached hydrogens (tertiary/aromatic N) is 2. The number of benzene rings is 3. The number of carbonyl (C=O) groups is 2. The molecule has 0 N–H and O–H groups in total. The number of amides is 2. The monoisotopic (exact) mass is 632 g/mol. The zero-order valence-corrected chi connectivity index (χ0v) is 29.6. The highest BCUT2D eigenvalue weighted by atomic mass is 28.4. The first kappa shape index (κ1) is 35.9.